The summed E-state index contributed by atoms with van der Waals surface area (Å²) in [6.07, 6.45) is 2.37. The van der Waals surface area contributed by atoms with Gasteiger partial charge in [-0.25, -0.2) is 0 Å². The molecular weight excluding hydrogens is 196 g/mol. The highest BCUT2D eigenvalue weighted by molar-refractivity contribution is 6.30. The molecule has 3 heteroatoms. The van der Waals surface area contributed by atoms with Crippen molar-refractivity contribution in [2.24, 2.45) is 4.99 Å². The molecule has 1 N–H and O–H groups in total. The third-order valence-corrected chi connectivity index (χ3v) is 2.52. The van der Waals surface area contributed by atoms with Crippen molar-refractivity contribution in [3.8, 4) is 0 Å². The van der Waals surface area contributed by atoms with Crippen LogP contribution in [0.3, 0.4) is 0 Å². The van der Waals surface area contributed by atoms with Crippen molar-refractivity contribution in [2.75, 3.05) is 13.1 Å². The molecule has 0 aliphatic carbocycles. The van der Waals surface area contributed by atoms with Crippen molar-refractivity contribution < 1.29 is 0 Å². The normalized spacial score (nSPS) is 16.8. The summed E-state index contributed by atoms with van der Waals surface area (Å²) in [7, 11) is 0. The second kappa shape index (κ2) is 4.47. The number of amidine groups is 1. The second-order valence-corrected chi connectivity index (χ2v) is 3.81. The Bertz CT molecular complexity index is 330. The maximum Gasteiger partial charge on any atom is 0.128 e. The third kappa shape index (κ3) is 2.26. The van der Waals surface area contributed by atoms with Crippen LogP contribution in [0.15, 0.2) is 29.3 Å². The van der Waals surface area contributed by atoms with Crippen LogP contribution >= 0.6 is 11.6 Å². The van der Waals surface area contributed by atoms with E-state index in [2.05, 4.69) is 10.3 Å². The van der Waals surface area contributed by atoms with E-state index in [9.17, 15) is 0 Å². The van der Waals surface area contributed by atoms with E-state index in [1.54, 1.807) is 0 Å². The minimum absolute atomic E-state index is 0.767. The zero-order chi connectivity index (χ0) is 9.80. The molecule has 0 saturated heterocycles. The van der Waals surface area contributed by atoms with Gasteiger partial charge in [0.25, 0.3) is 0 Å². The minimum atomic E-state index is 0.767. The first-order chi connectivity index (χ1) is 6.86. The van der Waals surface area contributed by atoms with Crippen LogP contribution in [0.25, 0.3) is 0 Å². The summed E-state index contributed by atoms with van der Waals surface area (Å²) in [5, 5.41) is 4.09. The molecule has 1 aliphatic heterocycles. The van der Waals surface area contributed by atoms with Gasteiger partial charge in [-0.2, -0.15) is 0 Å². The fraction of sp³-hybridized carbons (Fsp3) is 0.364. The first kappa shape index (κ1) is 9.53. The molecule has 0 atom stereocenters. The van der Waals surface area contributed by atoms with Gasteiger partial charge in [0.15, 0.2) is 0 Å². The van der Waals surface area contributed by atoms with E-state index in [0.29, 0.717) is 0 Å². The lowest BCUT2D eigenvalue weighted by Crippen LogP contribution is -2.23. The Kier molecular flexibility index (Phi) is 3.04. The minimum Gasteiger partial charge on any atom is -0.370 e. The maximum absolute atomic E-state index is 5.82. The molecule has 1 aliphatic rings. The van der Waals surface area contributed by atoms with Gasteiger partial charge < -0.3 is 5.32 Å². The molecule has 2 rings (SSSR count). The van der Waals surface area contributed by atoms with Gasteiger partial charge >= 0.3 is 0 Å². The van der Waals surface area contributed by atoms with Crippen LogP contribution < -0.4 is 5.32 Å². The van der Waals surface area contributed by atoms with Gasteiger partial charge in [0.1, 0.15) is 5.84 Å². The third-order valence-electron chi connectivity index (χ3n) is 2.26. The molecule has 0 unspecified atom stereocenters. The van der Waals surface area contributed by atoms with Crippen LogP contribution in [0.2, 0.25) is 5.02 Å². The Hall–Kier alpha value is -1.02. The monoisotopic (exact) mass is 208 g/mol. The lowest BCUT2D eigenvalue weighted by Gasteiger charge is -2.06. The number of rotatable bonds is 1. The summed E-state index contributed by atoms with van der Waals surface area (Å²) < 4.78 is 0. The summed E-state index contributed by atoms with van der Waals surface area (Å²) in [4.78, 5) is 4.49. The largest absolute Gasteiger partial charge is 0.370 e. The SMILES string of the molecule is Clc1ccc(C2=NCCCCN2)cc1. The van der Waals surface area contributed by atoms with Gasteiger partial charge in [-0.15, -0.1) is 0 Å². The number of halogens is 1. The molecule has 0 saturated carbocycles. The highest BCUT2D eigenvalue weighted by atomic mass is 35.5. The van der Waals surface area contributed by atoms with Gasteiger partial charge in [0, 0.05) is 23.7 Å². The fourth-order valence-electron chi connectivity index (χ4n) is 1.49. The molecule has 0 spiro atoms. The number of benzene rings is 1. The molecule has 0 bridgehead atoms. The second-order valence-electron chi connectivity index (χ2n) is 3.37. The summed E-state index contributed by atoms with van der Waals surface area (Å²) in [6, 6.07) is 7.79. The van der Waals surface area contributed by atoms with Gasteiger partial charge in [-0.05, 0) is 37.1 Å². The topological polar surface area (TPSA) is 24.4 Å². The number of hydrogen-bond acceptors (Lipinski definition) is 2. The lowest BCUT2D eigenvalue weighted by molar-refractivity contribution is 0.749. The van der Waals surface area contributed by atoms with Crippen molar-refractivity contribution in [2.45, 2.75) is 12.8 Å². The predicted molar refractivity (Wildman–Crippen MR) is 60.1 cm³/mol. The summed E-state index contributed by atoms with van der Waals surface area (Å²) in [5.41, 5.74) is 1.12. The Morgan fingerprint density at radius 1 is 1.14 bits per heavy atom. The summed E-state index contributed by atoms with van der Waals surface area (Å²) >= 11 is 5.82. The molecule has 1 aromatic rings. The fourth-order valence-corrected chi connectivity index (χ4v) is 1.62. The van der Waals surface area contributed by atoms with Crippen molar-refractivity contribution in [3.05, 3.63) is 34.9 Å². The highest BCUT2D eigenvalue weighted by Gasteiger charge is 2.04. The Morgan fingerprint density at radius 2 is 1.93 bits per heavy atom. The molecule has 0 fully saturated rings. The highest BCUT2D eigenvalue weighted by Crippen LogP contribution is 2.10. The van der Waals surface area contributed by atoms with E-state index in [4.69, 9.17) is 11.6 Å². The van der Waals surface area contributed by atoms with E-state index in [0.717, 1.165) is 29.5 Å². The van der Waals surface area contributed by atoms with Crippen LogP contribution in [-0.2, 0) is 0 Å². The Balaban J connectivity index is 2.20. The zero-order valence-corrected chi connectivity index (χ0v) is 8.72. The smallest absolute Gasteiger partial charge is 0.128 e. The molecule has 0 amide bonds. The number of nitrogens with zero attached hydrogens (tertiary/aromatic N) is 1. The van der Waals surface area contributed by atoms with Crippen molar-refractivity contribution in [1.29, 1.82) is 0 Å². The van der Waals surface area contributed by atoms with Crippen molar-refractivity contribution in [1.82, 2.24) is 5.32 Å². The summed E-state index contributed by atoms with van der Waals surface area (Å²) in [6.45, 7) is 1.94. The van der Waals surface area contributed by atoms with E-state index in [1.807, 2.05) is 24.3 Å². The van der Waals surface area contributed by atoms with Crippen LogP contribution in [0.4, 0.5) is 0 Å². The van der Waals surface area contributed by atoms with Crippen molar-refractivity contribution >= 4 is 17.4 Å². The quantitative estimate of drug-likeness (QED) is 0.754. The predicted octanol–water partition coefficient (Wildman–Crippen LogP) is 2.47. The van der Waals surface area contributed by atoms with Gasteiger partial charge in [0.2, 0.25) is 0 Å². The van der Waals surface area contributed by atoms with E-state index in [-0.39, 0.29) is 0 Å². The average Bonchev–Trinajstić information content (AvgIpc) is 2.47. The van der Waals surface area contributed by atoms with Gasteiger partial charge in [-0.1, -0.05) is 11.6 Å². The van der Waals surface area contributed by atoms with Crippen LogP contribution in [0.5, 0.6) is 0 Å². The average molecular weight is 209 g/mol. The molecule has 1 aromatic carbocycles. The van der Waals surface area contributed by atoms with Crippen LogP contribution in [0, 0.1) is 0 Å². The summed E-state index contributed by atoms with van der Waals surface area (Å²) in [5.74, 6) is 0.999. The number of nitrogens with one attached hydrogen (secondary N) is 1. The Morgan fingerprint density at radius 3 is 2.71 bits per heavy atom. The molecule has 14 heavy (non-hydrogen) atoms. The van der Waals surface area contributed by atoms with Crippen molar-refractivity contribution in [3.63, 3.8) is 0 Å². The van der Waals surface area contributed by atoms with Gasteiger partial charge in [0.05, 0.1) is 0 Å². The van der Waals surface area contributed by atoms with E-state index >= 15 is 0 Å². The van der Waals surface area contributed by atoms with Crippen LogP contribution in [0.1, 0.15) is 18.4 Å². The molecule has 2 nitrogen and oxygen atoms in total. The van der Waals surface area contributed by atoms with E-state index < -0.39 is 0 Å². The standard InChI is InChI=1S/C11H13ClN2/c12-10-5-3-9(4-6-10)11-13-7-1-2-8-14-11/h3-6H,1-2,7-8H2,(H,13,14). The maximum atomic E-state index is 5.82. The lowest BCUT2D eigenvalue weighted by atomic mass is 10.2. The van der Waals surface area contributed by atoms with Gasteiger partial charge in [-0.3, -0.25) is 4.99 Å². The van der Waals surface area contributed by atoms with E-state index in [1.165, 1.54) is 12.8 Å². The molecule has 1 heterocycles. The Labute approximate surface area is 89.0 Å². The number of aliphatic imine (C=N–C) groups is 1. The zero-order valence-electron chi connectivity index (χ0n) is 7.96. The molecule has 0 aromatic heterocycles. The first-order valence-corrected chi connectivity index (χ1v) is 5.28. The molecular formula is C11H13ClN2. The molecule has 0 radical (unpaired) electrons. The number of hydrogen-bond donors (Lipinski definition) is 1. The molecule has 74 valence electrons. The first-order valence-electron chi connectivity index (χ1n) is 4.90. The van der Waals surface area contributed by atoms with Crippen LogP contribution in [-0.4, -0.2) is 18.9 Å².